The highest BCUT2D eigenvalue weighted by atomic mass is 16.9. The molecule has 5 rings (SSSR count). The predicted molar refractivity (Wildman–Crippen MR) is 141 cm³/mol. The maximum absolute atomic E-state index is 10.7. The van der Waals surface area contributed by atoms with E-state index in [9.17, 15) is 5.11 Å². The summed E-state index contributed by atoms with van der Waals surface area (Å²) >= 11 is 0. The van der Waals surface area contributed by atoms with E-state index in [1.165, 1.54) is 44.9 Å². The molecule has 4 heterocycles. The van der Waals surface area contributed by atoms with Gasteiger partial charge in [-0.2, -0.15) is 0 Å². The van der Waals surface area contributed by atoms with Gasteiger partial charge in [0.05, 0.1) is 0 Å². The lowest BCUT2D eigenvalue weighted by molar-refractivity contribution is -0.296. The fourth-order valence-corrected chi connectivity index (χ4v) is 6.32. The summed E-state index contributed by atoms with van der Waals surface area (Å²) in [6.07, 6.45) is 10.7. The third kappa shape index (κ3) is 4.87. The molecule has 1 N–H and O–H groups in total. The van der Waals surface area contributed by atoms with Gasteiger partial charge in [-0.15, -0.1) is 0 Å². The van der Waals surface area contributed by atoms with Crippen LogP contribution in [0.5, 0.6) is 11.5 Å². The molecule has 3 saturated heterocycles. The molecule has 5 nitrogen and oxygen atoms in total. The van der Waals surface area contributed by atoms with Crippen molar-refractivity contribution in [3.05, 3.63) is 22.3 Å². The molecule has 0 amide bonds. The van der Waals surface area contributed by atoms with Crippen LogP contribution >= 0.6 is 0 Å². The first-order chi connectivity index (χ1) is 16.5. The molecule has 35 heavy (non-hydrogen) atoms. The first kappa shape index (κ1) is 26.8. The predicted octanol–water partition coefficient (Wildman–Crippen LogP) is 7.71. The third-order valence-corrected chi connectivity index (χ3v) is 8.95. The minimum atomic E-state index is -0.932. The van der Waals surface area contributed by atoms with Gasteiger partial charge in [-0.05, 0) is 69.4 Å². The molecule has 1 spiro atoms. The number of phenols is 1. The van der Waals surface area contributed by atoms with Gasteiger partial charge in [0, 0.05) is 11.1 Å². The van der Waals surface area contributed by atoms with Gasteiger partial charge in [0.2, 0.25) is 5.79 Å². The van der Waals surface area contributed by atoms with Crippen molar-refractivity contribution in [1.29, 1.82) is 0 Å². The van der Waals surface area contributed by atoms with E-state index in [2.05, 4.69) is 34.6 Å². The Balaban J connectivity index is 1.33. The number of benzene rings is 1. The zero-order valence-corrected chi connectivity index (χ0v) is 23.3. The van der Waals surface area contributed by atoms with E-state index in [1.54, 1.807) is 0 Å². The Bertz CT molecular complexity index is 909. The number of rotatable bonds is 12. The minimum Gasteiger partial charge on any atom is -0.507 e. The summed E-state index contributed by atoms with van der Waals surface area (Å²) in [4.78, 5) is 0. The van der Waals surface area contributed by atoms with Crippen LogP contribution in [-0.2, 0) is 14.0 Å². The van der Waals surface area contributed by atoms with Crippen molar-refractivity contribution in [1.82, 2.24) is 0 Å². The number of hydrogen-bond acceptors (Lipinski definition) is 5. The highest BCUT2D eigenvalue weighted by Gasteiger charge is 2.77. The zero-order valence-electron chi connectivity index (χ0n) is 23.3. The van der Waals surface area contributed by atoms with Crippen LogP contribution in [-0.4, -0.2) is 23.8 Å². The molecule has 0 radical (unpaired) electrons. The molecule has 4 aliphatic heterocycles. The van der Waals surface area contributed by atoms with Crippen LogP contribution < -0.4 is 4.74 Å². The van der Waals surface area contributed by atoms with Crippen molar-refractivity contribution >= 4 is 7.32 Å². The van der Waals surface area contributed by atoms with Crippen LogP contribution in [0.3, 0.4) is 0 Å². The Morgan fingerprint density at radius 2 is 1.40 bits per heavy atom. The van der Waals surface area contributed by atoms with Crippen molar-refractivity contribution in [3.63, 3.8) is 0 Å². The van der Waals surface area contributed by atoms with E-state index < -0.39 is 18.7 Å². The summed E-state index contributed by atoms with van der Waals surface area (Å²) in [7, 11) is -0.640. The maximum atomic E-state index is 10.7. The Hall–Kier alpha value is -1.24. The van der Waals surface area contributed by atoms with E-state index >= 15 is 0 Å². The second-order valence-electron chi connectivity index (χ2n) is 12.4. The Labute approximate surface area is 213 Å². The molecule has 1 aromatic carbocycles. The number of phenolic OH excluding ortho intramolecular Hbond substituents is 1. The van der Waals surface area contributed by atoms with Gasteiger partial charge in [-0.1, -0.05) is 72.6 Å². The molecule has 1 unspecified atom stereocenters. The van der Waals surface area contributed by atoms with Gasteiger partial charge in [0.25, 0.3) is 0 Å². The van der Waals surface area contributed by atoms with Gasteiger partial charge < -0.3 is 23.8 Å². The molecular weight excluding hydrogens is 439 g/mol. The van der Waals surface area contributed by atoms with Gasteiger partial charge >= 0.3 is 7.32 Å². The molecular formula is C29H47BO5. The van der Waals surface area contributed by atoms with Crippen LogP contribution in [0.2, 0.25) is 0 Å². The van der Waals surface area contributed by atoms with Crippen LogP contribution in [0.15, 0.2) is 0 Å². The van der Waals surface area contributed by atoms with Gasteiger partial charge in [-0.3, -0.25) is 0 Å². The van der Waals surface area contributed by atoms with Crippen molar-refractivity contribution < 1.29 is 23.8 Å². The monoisotopic (exact) mass is 486 g/mol. The third-order valence-electron chi connectivity index (χ3n) is 8.95. The number of fused-ring (bicyclic) bond motifs is 1. The number of hydrogen-bond donors (Lipinski definition) is 1. The smallest absolute Gasteiger partial charge is 0.507 e. The van der Waals surface area contributed by atoms with E-state index in [1.807, 2.05) is 20.8 Å². The lowest BCUT2D eigenvalue weighted by atomic mass is 9.76. The highest BCUT2D eigenvalue weighted by molar-refractivity contribution is 6.40. The minimum absolute atomic E-state index is 0.305. The second-order valence-corrected chi connectivity index (χ2v) is 12.4. The van der Waals surface area contributed by atoms with Crippen molar-refractivity contribution in [2.75, 3.05) is 0 Å². The average Bonchev–Trinajstić information content (AvgIpc) is 3.34. The molecule has 6 heteroatoms. The molecule has 0 aliphatic carbocycles. The first-order valence-electron chi connectivity index (χ1n) is 14.0. The van der Waals surface area contributed by atoms with Crippen molar-refractivity contribution in [2.45, 2.75) is 131 Å². The normalized spacial score (nSPS) is 28.4. The van der Waals surface area contributed by atoms with E-state index in [-0.39, 0.29) is 6.10 Å². The number of aromatic hydroxyl groups is 1. The van der Waals surface area contributed by atoms with Crippen LogP contribution in [0.4, 0.5) is 0 Å². The van der Waals surface area contributed by atoms with E-state index in [4.69, 9.17) is 18.7 Å². The first-order valence-corrected chi connectivity index (χ1v) is 14.0. The average molecular weight is 487 g/mol. The van der Waals surface area contributed by atoms with Gasteiger partial charge in [-0.25, -0.2) is 0 Å². The zero-order chi connectivity index (χ0) is 25.5. The fraction of sp³-hybridized carbons (Fsp3) is 0.793. The summed E-state index contributed by atoms with van der Waals surface area (Å²) < 4.78 is 25.1. The summed E-state index contributed by atoms with van der Waals surface area (Å²) in [6.45, 7) is 17.4. The lowest BCUT2D eigenvalue weighted by Crippen LogP contribution is -2.68. The summed E-state index contributed by atoms with van der Waals surface area (Å²) in [5, 5.41) is 10.7. The standard InChI is InChI=1S/C29H47BO5/c1-18(2)12-9-13-19(3)14-10-15-20(4)16-11-17-28(8)29-27(33-30(34-29)35-29)24-23(7)25(31)21(5)22(6)26(24)32-28/h18-20,27,31H,9-17H2,1-8H3/t19-,20+,27?,28-/m0/s1. The molecule has 4 aliphatic rings. The number of ether oxygens (including phenoxy) is 1. The molecule has 196 valence electrons. The largest absolute Gasteiger partial charge is 0.644 e. The fourth-order valence-electron chi connectivity index (χ4n) is 6.32. The molecule has 0 saturated carbocycles. The van der Waals surface area contributed by atoms with Gasteiger partial charge in [0.1, 0.15) is 17.6 Å². The van der Waals surface area contributed by atoms with E-state index in [0.717, 1.165) is 52.7 Å². The molecule has 2 bridgehead atoms. The van der Waals surface area contributed by atoms with Crippen LogP contribution in [0.25, 0.3) is 0 Å². The molecule has 3 fully saturated rings. The quantitative estimate of drug-likeness (QED) is 0.307. The SMILES string of the molecule is Cc1c(C)c2c(c(C)c1O)C1OB3OC1(O3)[C@](C)(CCC[C@H](C)CCC[C@@H](C)CCCC(C)C)O2. The topological polar surface area (TPSA) is 57.2 Å². The van der Waals surface area contributed by atoms with Crippen molar-refractivity contribution in [2.24, 2.45) is 17.8 Å². The highest BCUT2D eigenvalue weighted by Crippen LogP contribution is 2.63. The maximum Gasteiger partial charge on any atom is 0.644 e. The van der Waals surface area contributed by atoms with Crippen LogP contribution in [0, 0.1) is 38.5 Å². The Morgan fingerprint density at radius 3 is 2.00 bits per heavy atom. The molecule has 1 aromatic rings. The lowest BCUT2D eigenvalue weighted by Gasteiger charge is -2.53. The second kappa shape index (κ2) is 10.3. The Morgan fingerprint density at radius 1 is 0.829 bits per heavy atom. The summed E-state index contributed by atoms with van der Waals surface area (Å²) in [5.74, 6) is 2.56. The van der Waals surface area contributed by atoms with Crippen molar-refractivity contribution in [3.8, 4) is 11.5 Å². The molecule has 4 atom stereocenters. The molecule has 0 aromatic heterocycles. The summed E-state index contributed by atoms with van der Waals surface area (Å²) in [5.41, 5.74) is 2.86. The van der Waals surface area contributed by atoms with Gasteiger partial charge in [0.15, 0.2) is 5.60 Å². The van der Waals surface area contributed by atoms with E-state index in [0.29, 0.717) is 11.7 Å². The Kier molecular flexibility index (Phi) is 7.86. The summed E-state index contributed by atoms with van der Waals surface area (Å²) in [6, 6.07) is 0. The van der Waals surface area contributed by atoms with Crippen LogP contribution in [0.1, 0.15) is 121 Å².